The van der Waals surface area contributed by atoms with Gasteiger partial charge in [-0.15, -0.1) is 0 Å². The average Bonchev–Trinajstić information content (AvgIpc) is 2.74. The standard InChI is InChI=1S/C20H22F4N4O3S/c21-15-5-7-16(8-6-15)27-10-12-28(13-11-27)32(30,31)14-9-25-19(29)26-18-4-2-1-3-17(18)20(22,23)24/h1-8H,9-14H2,(H2,25,26,29). The molecule has 0 aliphatic carbocycles. The third kappa shape index (κ3) is 6.10. The highest BCUT2D eigenvalue weighted by molar-refractivity contribution is 7.89. The molecular formula is C20H22F4N4O3S. The van der Waals surface area contributed by atoms with Gasteiger partial charge in [0.1, 0.15) is 5.82 Å². The van der Waals surface area contributed by atoms with Crippen LogP contribution in [0.3, 0.4) is 0 Å². The maximum Gasteiger partial charge on any atom is 0.418 e. The normalized spacial score (nSPS) is 15.4. The van der Waals surface area contributed by atoms with Crippen molar-refractivity contribution in [1.29, 1.82) is 0 Å². The molecule has 0 unspecified atom stereocenters. The summed E-state index contributed by atoms with van der Waals surface area (Å²) in [5, 5.41) is 4.37. The van der Waals surface area contributed by atoms with E-state index in [0.29, 0.717) is 13.1 Å². The van der Waals surface area contributed by atoms with Crippen molar-refractivity contribution in [1.82, 2.24) is 9.62 Å². The molecule has 0 radical (unpaired) electrons. The Morgan fingerprint density at radius 3 is 2.22 bits per heavy atom. The Kier molecular flexibility index (Phi) is 7.24. The fourth-order valence-electron chi connectivity index (χ4n) is 3.30. The Balaban J connectivity index is 1.48. The van der Waals surface area contributed by atoms with Gasteiger partial charge in [-0.1, -0.05) is 12.1 Å². The summed E-state index contributed by atoms with van der Waals surface area (Å²) in [6.07, 6.45) is -4.64. The van der Waals surface area contributed by atoms with Crippen LogP contribution in [0.2, 0.25) is 0 Å². The quantitative estimate of drug-likeness (QED) is 0.631. The van der Waals surface area contributed by atoms with Crippen LogP contribution in [0.25, 0.3) is 0 Å². The maximum absolute atomic E-state index is 13.1. The van der Waals surface area contributed by atoms with Gasteiger partial charge in [0.25, 0.3) is 0 Å². The number of carbonyl (C=O) groups excluding carboxylic acids is 1. The largest absolute Gasteiger partial charge is 0.418 e. The lowest BCUT2D eigenvalue weighted by molar-refractivity contribution is -0.136. The molecule has 0 spiro atoms. The van der Waals surface area contributed by atoms with Crippen molar-refractivity contribution < 1.29 is 30.8 Å². The molecule has 0 bridgehead atoms. The van der Waals surface area contributed by atoms with E-state index in [4.69, 9.17) is 0 Å². The molecule has 12 heteroatoms. The fourth-order valence-corrected chi connectivity index (χ4v) is 4.64. The Bertz CT molecular complexity index is 1040. The highest BCUT2D eigenvalue weighted by atomic mass is 32.2. The van der Waals surface area contributed by atoms with Crippen molar-refractivity contribution >= 4 is 27.4 Å². The first kappa shape index (κ1) is 23.8. The monoisotopic (exact) mass is 474 g/mol. The molecule has 0 saturated carbocycles. The van der Waals surface area contributed by atoms with Crippen molar-refractivity contribution in [2.24, 2.45) is 0 Å². The molecule has 2 amide bonds. The molecule has 2 aromatic rings. The zero-order valence-electron chi connectivity index (χ0n) is 16.9. The Hall–Kier alpha value is -2.86. The van der Waals surface area contributed by atoms with Gasteiger partial charge < -0.3 is 15.5 Å². The zero-order valence-corrected chi connectivity index (χ0v) is 17.7. The minimum Gasteiger partial charge on any atom is -0.369 e. The van der Waals surface area contributed by atoms with E-state index in [1.54, 1.807) is 12.1 Å². The summed E-state index contributed by atoms with van der Waals surface area (Å²) in [4.78, 5) is 13.9. The Labute approximate surface area is 183 Å². The number of benzene rings is 2. The van der Waals surface area contributed by atoms with E-state index >= 15 is 0 Å². The number of anilines is 2. The lowest BCUT2D eigenvalue weighted by Gasteiger charge is -2.35. The van der Waals surface area contributed by atoms with Crippen molar-refractivity contribution in [3.63, 3.8) is 0 Å². The Morgan fingerprint density at radius 2 is 1.59 bits per heavy atom. The first-order valence-corrected chi connectivity index (χ1v) is 11.4. The molecule has 7 nitrogen and oxygen atoms in total. The van der Waals surface area contributed by atoms with Crippen LogP contribution in [0.4, 0.5) is 33.7 Å². The SMILES string of the molecule is O=C(NCCS(=O)(=O)N1CCN(c2ccc(F)cc2)CC1)Nc1ccccc1C(F)(F)F. The average molecular weight is 474 g/mol. The second kappa shape index (κ2) is 9.74. The first-order valence-electron chi connectivity index (χ1n) is 9.76. The number of halogens is 4. The molecule has 0 atom stereocenters. The van der Waals surface area contributed by atoms with Gasteiger partial charge in [0.2, 0.25) is 10.0 Å². The highest BCUT2D eigenvalue weighted by Crippen LogP contribution is 2.34. The van der Waals surface area contributed by atoms with Crippen molar-refractivity contribution in [2.45, 2.75) is 6.18 Å². The number of hydrogen-bond donors (Lipinski definition) is 2. The van der Waals surface area contributed by atoms with Crippen LogP contribution in [0, 0.1) is 5.82 Å². The van der Waals surface area contributed by atoms with E-state index in [9.17, 15) is 30.8 Å². The van der Waals surface area contributed by atoms with E-state index in [2.05, 4.69) is 10.6 Å². The van der Waals surface area contributed by atoms with Crippen LogP contribution < -0.4 is 15.5 Å². The predicted octanol–water partition coefficient (Wildman–Crippen LogP) is 3.12. The van der Waals surface area contributed by atoms with Crippen LogP contribution >= 0.6 is 0 Å². The molecule has 0 aromatic heterocycles. The number of urea groups is 1. The molecule has 1 saturated heterocycles. The lowest BCUT2D eigenvalue weighted by Crippen LogP contribution is -2.50. The Morgan fingerprint density at radius 1 is 0.969 bits per heavy atom. The number of sulfonamides is 1. The van der Waals surface area contributed by atoms with E-state index in [1.165, 1.54) is 28.6 Å². The van der Waals surface area contributed by atoms with Crippen LogP contribution in [0.1, 0.15) is 5.56 Å². The number of alkyl halides is 3. The van der Waals surface area contributed by atoms with E-state index in [1.807, 2.05) is 4.90 Å². The zero-order chi connectivity index (χ0) is 23.4. The van der Waals surface area contributed by atoms with Gasteiger partial charge in [-0.2, -0.15) is 17.5 Å². The maximum atomic E-state index is 13.1. The second-order valence-corrected chi connectivity index (χ2v) is 9.19. The van der Waals surface area contributed by atoms with Gasteiger partial charge >= 0.3 is 12.2 Å². The van der Waals surface area contributed by atoms with Gasteiger partial charge in [-0.05, 0) is 36.4 Å². The van der Waals surface area contributed by atoms with Gasteiger partial charge in [0.05, 0.1) is 17.0 Å². The molecule has 1 heterocycles. The molecule has 32 heavy (non-hydrogen) atoms. The summed E-state index contributed by atoms with van der Waals surface area (Å²) in [5.74, 6) is -0.744. The molecule has 1 fully saturated rings. The van der Waals surface area contributed by atoms with E-state index in [0.717, 1.165) is 17.8 Å². The van der Waals surface area contributed by atoms with Gasteiger partial charge in [0, 0.05) is 38.4 Å². The number of amides is 2. The molecule has 2 aromatic carbocycles. The minimum absolute atomic E-state index is 0.227. The number of carbonyl (C=O) groups is 1. The van der Waals surface area contributed by atoms with Gasteiger partial charge in [-0.3, -0.25) is 0 Å². The third-order valence-corrected chi connectivity index (χ3v) is 6.82. The summed E-state index contributed by atoms with van der Waals surface area (Å²) in [7, 11) is -3.67. The topological polar surface area (TPSA) is 81.8 Å². The molecular weight excluding hydrogens is 452 g/mol. The molecule has 3 rings (SSSR count). The number of nitrogens with one attached hydrogen (secondary N) is 2. The number of piperazine rings is 1. The van der Waals surface area contributed by atoms with E-state index in [-0.39, 0.29) is 25.5 Å². The fraction of sp³-hybridized carbons (Fsp3) is 0.350. The first-order chi connectivity index (χ1) is 15.1. The van der Waals surface area contributed by atoms with Crippen LogP contribution in [-0.2, 0) is 16.2 Å². The summed E-state index contributed by atoms with van der Waals surface area (Å²) < 4.78 is 78.4. The predicted molar refractivity (Wildman–Crippen MR) is 112 cm³/mol. The van der Waals surface area contributed by atoms with Crippen molar-refractivity contribution in [3.05, 3.63) is 59.9 Å². The van der Waals surface area contributed by atoms with Gasteiger partial charge in [-0.25, -0.2) is 17.6 Å². The molecule has 1 aliphatic heterocycles. The smallest absolute Gasteiger partial charge is 0.369 e. The minimum atomic E-state index is -4.64. The van der Waals surface area contributed by atoms with Crippen LogP contribution in [0.5, 0.6) is 0 Å². The second-order valence-electron chi connectivity index (χ2n) is 7.10. The summed E-state index contributed by atoms with van der Waals surface area (Å²) in [5.41, 5.74) is -0.625. The number of hydrogen-bond acceptors (Lipinski definition) is 4. The van der Waals surface area contributed by atoms with Crippen molar-refractivity contribution in [3.8, 4) is 0 Å². The van der Waals surface area contributed by atoms with Gasteiger partial charge in [0.15, 0.2) is 0 Å². The summed E-state index contributed by atoms with van der Waals surface area (Å²) in [6, 6.07) is 9.49. The number of para-hydroxylation sites is 1. The summed E-state index contributed by atoms with van der Waals surface area (Å²) >= 11 is 0. The molecule has 174 valence electrons. The van der Waals surface area contributed by atoms with Crippen LogP contribution in [0.15, 0.2) is 48.5 Å². The van der Waals surface area contributed by atoms with Crippen molar-refractivity contribution in [2.75, 3.05) is 48.7 Å². The highest BCUT2D eigenvalue weighted by Gasteiger charge is 2.33. The molecule has 1 aliphatic rings. The lowest BCUT2D eigenvalue weighted by atomic mass is 10.1. The summed E-state index contributed by atoms with van der Waals surface area (Å²) in [6.45, 7) is 1.04. The van der Waals surface area contributed by atoms with E-state index < -0.39 is 39.2 Å². The third-order valence-electron chi connectivity index (χ3n) is 4.95. The number of nitrogens with zero attached hydrogens (tertiary/aromatic N) is 2. The number of rotatable bonds is 6. The van der Waals surface area contributed by atoms with Crippen LogP contribution in [-0.4, -0.2) is 57.2 Å². The molecule has 2 N–H and O–H groups in total.